The van der Waals surface area contributed by atoms with Crippen LogP contribution >= 0.6 is 0 Å². The molecule has 9 heteroatoms. The van der Waals surface area contributed by atoms with Crippen LogP contribution in [0.15, 0.2) is 41.3 Å². The summed E-state index contributed by atoms with van der Waals surface area (Å²) in [6.07, 6.45) is -0.181. The molecule has 1 amide bonds. The fourth-order valence-electron chi connectivity index (χ4n) is 2.21. The molecule has 8 nitrogen and oxygen atoms in total. The standard InChI is InChI=1S/C20H30FN5O3/c1-19(2,3)26-24-17(23-25-26)15-7-9-16(10-8-15)28-13-14(11-21)12-22-18(27)29-20(4,5)6/h7-11,25H,12-13H2,1-6H3,(H,22,27)(H,23,24)/b14-11+. The van der Waals surface area contributed by atoms with Crippen LogP contribution in [0.2, 0.25) is 0 Å². The molecule has 2 rings (SSSR count). The maximum Gasteiger partial charge on any atom is 0.407 e. The normalized spacial score (nSPS) is 14.9. The molecule has 0 saturated carbocycles. The highest BCUT2D eigenvalue weighted by Gasteiger charge is 2.25. The zero-order valence-corrected chi connectivity index (χ0v) is 17.8. The number of nitrogens with one attached hydrogen (secondary N) is 3. The largest absolute Gasteiger partial charge is 0.489 e. The summed E-state index contributed by atoms with van der Waals surface area (Å²) in [7, 11) is 0. The second-order valence-electron chi connectivity index (χ2n) is 8.60. The fraction of sp³-hybridized carbons (Fsp3) is 0.500. The van der Waals surface area contributed by atoms with E-state index in [0.29, 0.717) is 17.9 Å². The van der Waals surface area contributed by atoms with Crippen LogP contribution in [0, 0.1) is 0 Å². The van der Waals surface area contributed by atoms with E-state index in [9.17, 15) is 9.18 Å². The van der Waals surface area contributed by atoms with E-state index in [1.165, 1.54) is 0 Å². The summed E-state index contributed by atoms with van der Waals surface area (Å²) in [4.78, 5) is 11.7. The van der Waals surface area contributed by atoms with Crippen LogP contribution in [-0.2, 0) is 4.74 Å². The van der Waals surface area contributed by atoms with Crippen LogP contribution in [0.3, 0.4) is 0 Å². The molecule has 1 heterocycles. The molecular weight excluding hydrogens is 377 g/mol. The van der Waals surface area contributed by atoms with Gasteiger partial charge in [0.15, 0.2) is 5.84 Å². The predicted octanol–water partition coefficient (Wildman–Crippen LogP) is 3.23. The molecular formula is C20H30FN5O3. The highest BCUT2D eigenvalue weighted by Crippen LogP contribution is 2.17. The molecule has 29 heavy (non-hydrogen) atoms. The minimum atomic E-state index is -0.611. The van der Waals surface area contributed by atoms with Crippen molar-refractivity contribution in [1.82, 2.24) is 21.4 Å². The van der Waals surface area contributed by atoms with Gasteiger partial charge in [0.05, 0.1) is 11.9 Å². The summed E-state index contributed by atoms with van der Waals surface area (Å²) < 4.78 is 23.8. The highest BCUT2D eigenvalue weighted by molar-refractivity contribution is 5.99. The van der Waals surface area contributed by atoms with Gasteiger partial charge >= 0.3 is 6.09 Å². The molecule has 0 aliphatic carbocycles. The highest BCUT2D eigenvalue weighted by atomic mass is 19.1. The van der Waals surface area contributed by atoms with E-state index in [-0.39, 0.29) is 24.3 Å². The third kappa shape index (κ3) is 7.26. The van der Waals surface area contributed by atoms with Crippen molar-refractivity contribution in [3.8, 4) is 5.75 Å². The molecule has 160 valence electrons. The van der Waals surface area contributed by atoms with Crippen LogP contribution in [0.5, 0.6) is 5.75 Å². The van der Waals surface area contributed by atoms with Crippen LogP contribution in [0.25, 0.3) is 0 Å². The monoisotopic (exact) mass is 407 g/mol. The van der Waals surface area contributed by atoms with Crippen LogP contribution in [0.4, 0.5) is 9.18 Å². The molecule has 0 bridgehead atoms. The second-order valence-corrected chi connectivity index (χ2v) is 8.60. The first-order valence-electron chi connectivity index (χ1n) is 9.36. The summed E-state index contributed by atoms with van der Waals surface area (Å²) in [6.45, 7) is 11.4. The molecule has 0 fully saturated rings. The number of carbonyl (C=O) groups is 1. The second kappa shape index (κ2) is 9.13. The van der Waals surface area contributed by atoms with E-state index in [0.717, 1.165) is 5.56 Å². The van der Waals surface area contributed by atoms with Gasteiger partial charge < -0.3 is 14.8 Å². The first kappa shape index (κ1) is 22.5. The number of hydrazone groups is 1. The summed E-state index contributed by atoms with van der Waals surface area (Å²) in [5.74, 6) is 1.27. The number of hydrogen-bond acceptors (Lipinski definition) is 7. The van der Waals surface area contributed by atoms with E-state index < -0.39 is 11.7 Å². The molecule has 0 radical (unpaired) electrons. The van der Waals surface area contributed by atoms with Gasteiger partial charge in [-0.3, -0.25) is 5.43 Å². The zero-order valence-electron chi connectivity index (χ0n) is 17.8. The van der Waals surface area contributed by atoms with Gasteiger partial charge in [0, 0.05) is 17.7 Å². The summed E-state index contributed by atoms with van der Waals surface area (Å²) in [5.41, 5.74) is 6.41. The molecule has 0 saturated heterocycles. The average Bonchev–Trinajstić information content (AvgIpc) is 3.11. The molecule has 1 aromatic rings. The number of rotatable bonds is 6. The average molecular weight is 407 g/mol. The van der Waals surface area contributed by atoms with E-state index in [4.69, 9.17) is 9.47 Å². The molecule has 0 atom stereocenters. The van der Waals surface area contributed by atoms with Gasteiger partial charge in [0.25, 0.3) is 0 Å². The molecule has 0 unspecified atom stereocenters. The van der Waals surface area contributed by atoms with Crippen molar-refractivity contribution in [3.63, 3.8) is 0 Å². The third-order valence-electron chi connectivity index (χ3n) is 3.68. The lowest BCUT2D eigenvalue weighted by Crippen LogP contribution is -2.48. The molecule has 0 aromatic heterocycles. The number of hydrazine groups is 2. The number of halogens is 1. The Balaban J connectivity index is 1.86. The fourth-order valence-corrected chi connectivity index (χ4v) is 2.21. The Morgan fingerprint density at radius 1 is 1.21 bits per heavy atom. The van der Waals surface area contributed by atoms with Gasteiger partial charge in [-0.25, -0.2) is 14.3 Å². The topological polar surface area (TPSA) is 87.2 Å². The van der Waals surface area contributed by atoms with E-state index in [1.54, 1.807) is 38.0 Å². The molecule has 1 aromatic carbocycles. The smallest absolute Gasteiger partial charge is 0.407 e. The first-order chi connectivity index (χ1) is 13.5. The number of carbonyl (C=O) groups excluding carboxylic acids is 1. The van der Waals surface area contributed by atoms with Gasteiger partial charge in [-0.15, -0.1) is 10.6 Å². The Hall–Kier alpha value is -2.81. The van der Waals surface area contributed by atoms with Gasteiger partial charge in [-0.05, 0) is 65.8 Å². The van der Waals surface area contributed by atoms with Crippen molar-refractivity contribution < 1.29 is 18.7 Å². The van der Waals surface area contributed by atoms with Crippen molar-refractivity contribution in [2.75, 3.05) is 13.2 Å². The third-order valence-corrected chi connectivity index (χ3v) is 3.68. The Morgan fingerprint density at radius 2 is 1.86 bits per heavy atom. The van der Waals surface area contributed by atoms with Crippen molar-refractivity contribution in [1.29, 1.82) is 0 Å². The lowest BCUT2D eigenvalue weighted by molar-refractivity contribution is 0.0531. The van der Waals surface area contributed by atoms with Crippen molar-refractivity contribution in [3.05, 3.63) is 41.7 Å². The number of ether oxygens (including phenoxy) is 2. The predicted molar refractivity (Wildman–Crippen MR) is 110 cm³/mol. The molecule has 0 spiro atoms. The Labute approximate surface area is 171 Å². The minimum Gasteiger partial charge on any atom is -0.489 e. The number of nitrogens with zero attached hydrogens (tertiary/aromatic N) is 2. The van der Waals surface area contributed by atoms with Crippen molar-refractivity contribution in [2.45, 2.75) is 52.7 Å². The number of alkyl carbamates (subject to hydrolysis) is 1. The Kier molecular flexibility index (Phi) is 7.07. The zero-order chi connectivity index (χ0) is 21.7. The summed E-state index contributed by atoms with van der Waals surface area (Å²) in [5, 5.41) is 8.73. The molecule has 3 N–H and O–H groups in total. The SMILES string of the molecule is CC(C)(C)OC(=O)NC/C(=C\F)COc1ccc(C2=NN(C(C)(C)C)NN2)cc1. The van der Waals surface area contributed by atoms with Crippen LogP contribution < -0.4 is 21.0 Å². The molecule has 1 aliphatic rings. The molecule has 1 aliphatic heterocycles. The number of benzene rings is 1. The lowest BCUT2D eigenvalue weighted by atomic mass is 10.1. The maximum atomic E-state index is 13.1. The summed E-state index contributed by atoms with van der Waals surface area (Å²) >= 11 is 0. The van der Waals surface area contributed by atoms with Crippen LogP contribution in [0.1, 0.15) is 47.1 Å². The van der Waals surface area contributed by atoms with E-state index in [1.807, 2.05) is 32.9 Å². The van der Waals surface area contributed by atoms with Crippen LogP contribution in [-0.4, -0.2) is 41.3 Å². The number of amides is 1. The van der Waals surface area contributed by atoms with Gasteiger partial charge in [-0.2, -0.15) is 0 Å². The number of hydrogen-bond donors (Lipinski definition) is 3. The minimum absolute atomic E-state index is 0.00146. The van der Waals surface area contributed by atoms with E-state index in [2.05, 4.69) is 21.4 Å². The number of amidine groups is 1. The van der Waals surface area contributed by atoms with Gasteiger partial charge in [0.2, 0.25) is 0 Å². The summed E-state index contributed by atoms with van der Waals surface area (Å²) in [6, 6.07) is 7.26. The first-order valence-corrected chi connectivity index (χ1v) is 9.36. The van der Waals surface area contributed by atoms with Gasteiger partial charge in [0.1, 0.15) is 18.0 Å². The van der Waals surface area contributed by atoms with Crippen molar-refractivity contribution >= 4 is 11.9 Å². The van der Waals surface area contributed by atoms with Crippen molar-refractivity contribution in [2.24, 2.45) is 5.10 Å². The Morgan fingerprint density at radius 3 is 2.38 bits per heavy atom. The van der Waals surface area contributed by atoms with Gasteiger partial charge in [-0.1, -0.05) is 0 Å². The lowest BCUT2D eigenvalue weighted by Gasteiger charge is -2.28. The van der Waals surface area contributed by atoms with E-state index >= 15 is 0 Å². The maximum absolute atomic E-state index is 13.1. The quantitative estimate of drug-likeness (QED) is 0.671. The Bertz CT molecular complexity index is 764.